The molecule has 0 bridgehead atoms. The van der Waals surface area contributed by atoms with Gasteiger partial charge in [0.05, 0.1) is 0 Å². The Morgan fingerprint density at radius 1 is 1.28 bits per heavy atom. The molecule has 0 saturated carbocycles. The van der Waals surface area contributed by atoms with Crippen LogP contribution in [0, 0.1) is 0 Å². The van der Waals surface area contributed by atoms with Crippen LogP contribution in [-0.2, 0) is 6.54 Å². The van der Waals surface area contributed by atoms with Gasteiger partial charge in [0.15, 0.2) is 5.96 Å². The summed E-state index contributed by atoms with van der Waals surface area (Å²) in [5.74, 6) is 1.68. The zero-order valence-corrected chi connectivity index (χ0v) is 18.1. The molecule has 1 rings (SSSR count). The molecule has 0 unspecified atom stereocenters. The van der Waals surface area contributed by atoms with Gasteiger partial charge in [-0.2, -0.15) is 0 Å². The number of likely N-dealkylation sites (N-methyl/N-ethyl adjacent to an activating group) is 1. The lowest BCUT2D eigenvalue weighted by molar-refractivity contribution is 0.332. The Hall–Kier alpha value is -1.28. The van der Waals surface area contributed by atoms with E-state index >= 15 is 0 Å². The highest BCUT2D eigenvalue weighted by molar-refractivity contribution is 14.0. The molecule has 0 fully saturated rings. The van der Waals surface area contributed by atoms with Crippen LogP contribution < -0.4 is 15.4 Å². The van der Waals surface area contributed by atoms with E-state index in [4.69, 9.17) is 4.74 Å². The number of hydrogen-bond acceptors (Lipinski definition) is 3. The van der Waals surface area contributed by atoms with Crippen LogP contribution in [0.25, 0.3) is 0 Å². The lowest BCUT2D eigenvalue weighted by Gasteiger charge is -2.18. The van der Waals surface area contributed by atoms with E-state index in [2.05, 4.69) is 47.1 Å². The van der Waals surface area contributed by atoms with Crippen molar-refractivity contribution in [3.8, 4) is 5.75 Å². The molecule has 5 nitrogen and oxygen atoms in total. The van der Waals surface area contributed by atoms with Gasteiger partial charge in [0.2, 0.25) is 0 Å². The van der Waals surface area contributed by atoms with Gasteiger partial charge in [-0.1, -0.05) is 44.2 Å². The van der Waals surface area contributed by atoms with Crippen molar-refractivity contribution >= 4 is 29.9 Å². The van der Waals surface area contributed by atoms with E-state index in [9.17, 15) is 0 Å². The molecule has 1 aromatic carbocycles. The third kappa shape index (κ3) is 10.3. The van der Waals surface area contributed by atoms with Crippen molar-refractivity contribution < 1.29 is 4.74 Å². The molecule has 1 aromatic rings. The van der Waals surface area contributed by atoms with Crippen molar-refractivity contribution in [3.05, 3.63) is 42.5 Å². The molecular weight excluding hydrogens is 427 g/mol. The molecule has 0 radical (unpaired) electrons. The molecule has 2 N–H and O–H groups in total. The van der Waals surface area contributed by atoms with Crippen LogP contribution >= 0.6 is 24.0 Å². The van der Waals surface area contributed by atoms with Gasteiger partial charge in [0.1, 0.15) is 12.4 Å². The van der Waals surface area contributed by atoms with E-state index in [0.717, 1.165) is 36.9 Å². The number of halogens is 1. The summed E-state index contributed by atoms with van der Waals surface area (Å²) in [6.45, 7) is 10.1. The molecule has 25 heavy (non-hydrogen) atoms. The number of aliphatic imine (C=N–C) groups is 1. The fraction of sp³-hybridized carbons (Fsp3) is 0.526. The van der Waals surface area contributed by atoms with E-state index < -0.39 is 0 Å². The summed E-state index contributed by atoms with van der Waals surface area (Å²) in [5.41, 5.74) is 1.10. The predicted octanol–water partition coefficient (Wildman–Crippen LogP) is 3.27. The Labute approximate surface area is 169 Å². The van der Waals surface area contributed by atoms with Crippen LogP contribution in [0.2, 0.25) is 0 Å². The monoisotopic (exact) mass is 460 g/mol. The molecule has 142 valence electrons. The van der Waals surface area contributed by atoms with E-state index in [-0.39, 0.29) is 24.0 Å². The van der Waals surface area contributed by atoms with Gasteiger partial charge in [-0.15, -0.1) is 24.0 Å². The zero-order chi connectivity index (χ0) is 17.6. The first-order valence-electron chi connectivity index (χ1n) is 8.65. The highest BCUT2D eigenvalue weighted by Crippen LogP contribution is 2.17. The third-order valence-corrected chi connectivity index (χ3v) is 3.68. The van der Waals surface area contributed by atoms with E-state index in [1.807, 2.05) is 18.2 Å². The van der Waals surface area contributed by atoms with Gasteiger partial charge < -0.3 is 20.3 Å². The second-order valence-electron chi connectivity index (χ2n) is 5.72. The number of hydrogen-bond donors (Lipinski definition) is 2. The van der Waals surface area contributed by atoms with Crippen molar-refractivity contribution in [2.45, 2.75) is 26.3 Å². The van der Waals surface area contributed by atoms with Gasteiger partial charge in [-0.05, 0) is 26.1 Å². The van der Waals surface area contributed by atoms with Crippen LogP contribution in [0.15, 0.2) is 41.9 Å². The van der Waals surface area contributed by atoms with Gasteiger partial charge in [0.25, 0.3) is 0 Å². The standard InChI is InChI=1S/C19H32N4O.HI/c1-5-7-13-23(4)14-12-21-19(20-3)22-16-17-10-8-9-11-18(17)24-15-6-2;/h6,8-11H,2,5,7,12-16H2,1,3-4H3,(H2,20,21,22);1H. The molecule has 0 aliphatic rings. The first-order chi connectivity index (χ1) is 11.7. The number of guanidine groups is 1. The van der Waals surface area contributed by atoms with Gasteiger partial charge in [-0.3, -0.25) is 4.99 Å². The number of ether oxygens (including phenoxy) is 1. The Kier molecular flexibility index (Phi) is 14.2. The lowest BCUT2D eigenvalue weighted by Crippen LogP contribution is -2.40. The highest BCUT2D eigenvalue weighted by Gasteiger charge is 2.04. The Morgan fingerprint density at radius 3 is 2.72 bits per heavy atom. The largest absolute Gasteiger partial charge is 0.489 e. The van der Waals surface area contributed by atoms with E-state index in [1.54, 1.807) is 13.1 Å². The summed E-state index contributed by atoms with van der Waals surface area (Å²) >= 11 is 0. The topological polar surface area (TPSA) is 48.9 Å². The average molecular weight is 460 g/mol. The minimum atomic E-state index is 0. The summed E-state index contributed by atoms with van der Waals surface area (Å²) in [6.07, 6.45) is 4.22. The maximum absolute atomic E-state index is 5.68. The minimum absolute atomic E-state index is 0. The number of rotatable bonds is 11. The van der Waals surface area contributed by atoms with Crippen molar-refractivity contribution in [1.82, 2.24) is 15.5 Å². The maximum atomic E-state index is 5.68. The first-order valence-corrected chi connectivity index (χ1v) is 8.65. The molecule has 0 spiro atoms. The van der Waals surface area contributed by atoms with Crippen LogP contribution in [0.5, 0.6) is 5.75 Å². The SMILES string of the molecule is C=CCOc1ccccc1CNC(=NC)NCCN(C)CCCC.I. The van der Waals surface area contributed by atoms with Crippen molar-refractivity contribution in [3.63, 3.8) is 0 Å². The van der Waals surface area contributed by atoms with E-state index in [1.165, 1.54) is 12.8 Å². The number of unbranched alkanes of at least 4 members (excludes halogenated alkanes) is 1. The molecule has 0 saturated heterocycles. The van der Waals surface area contributed by atoms with Crippen molar-refractivity contribution in [2.75, 3.05) is 40.3 Å². The summed E-state index contributed by atoms with van der Waals surface area (Å²) in [4.78, 5) is 6.61. The molecule has 0 aliphatic carbocycles. The van der Waals surface area contributed by atoms with Crippen molar-refractivity contribution in [2.24, 2.45) is 4.99 Å². The Morgan fingerprint density at radius 2 is 2.04 bits per heavy atom. The van der Waals surface area contributed by atoms with Crippen LogP contribution in [0.3, 0.4) is 0 Å². The summed E-state index contributed by atoms with van der Waals surface area (Å²) in [6, 6.07) is 8.01. The Balaban J connectivity index is 0.00000576. The van der Waals surface area contributed by atoms with Crippen LogP contribution in [-0.4, -0.2) is 51.2 Å². The molecular formula is C19H33IN4O. The maximum Gasteiger partial charge on any atom is 0.191 e. The molecule has 6 heteroatoms. The summed E-state index contributed by atoms with van der Waals surface area (Å²) in [7, 11) is 3.94. The minimum Gasteiger partial charge on any atom is -0.489 e. The zero-order valence-electron chi connectivity index (χ0n) is 15.8. The number of nitrogens with zero attached hydrogens (tertiary/aromatic N) is 2. The van der Waals surface area contributed by atoms with E-state index in [0.29, 0.717) is 13.2 Å². The number of benzene rings is 1. The smallest absolute Gasteiger partial charge is 0.191 e. The molecule has 0 heterocycles. The summed E-state index contributed by atoms with van der Waals surface area (Å²) in [5, 5.41) is 6.68. The Bertz CT molecular complexity index is 508. The molecule has 0 aromatic heterocycles. The highest BCUT2D eigenvalue weighted by atomic mass is 127. The second kappa shape index (κ2) is 15.0. The predicted molar refractivity (Wildman–Crippen MR) is 118 cm³/mol. The number of para-hydroxylation sites is 1. The second-order valence-corrected chi connectivity index (χ2v) is 5.72. The summed E-state index contributed by atoms with van der Waals surface area (Å²) < 4.78 is 5.68. The quantitative estimate of drug-likeness (QED) is 0.230. The fourth-order valence-electron chi connectivity index (χ4n) is 2.24. The fourth-order valence-corrected chi connectivity index (χ4v) is 2.24. The molecule has 0 amide bonds. The molecule has 0 atom stereocenters. The first kappa shape index (κ1) is 23.7. The normalized spacial score (nSPS) is 11.0. The van der Waals surface area contributed by atoms with Gasteiger partial charge in [-0.25, -0.2) is 0 Å². The van der Waals surface area contributed by atoms with Gasteiger partial charge in [0, 0.05) is 32.2 Å². The van der Waals surface area contributed by atoms with Crippen molar-refractivity contribution in [1.29, 1.82) is 0 Å². The molecule has 0 aliphatic heterocycles. The van der Waals surface area contributed by atoms with Crippen LogP contribution in [0.1, 0.15) is 25.3 Å². The van der Waals surface area contributed by atoms with Gasteiger partial charge >= 0.3 is 0 Å². The van der Waals surface area contributed by atoms with Crippen LogP contribution in [0.4, 0.5) is 0 Å². The lowest BCUT2D eigenvalue weighted by atomic mass is 10.2. The average Bonchev–Trinajstić information content (AvgIpc) is 2.61. The third-order valence-electron chi connectivity index (χ3n) is 3.68. The number of nitrogens with one attached hydrogen (secondary N) is 2.